The van der Waals surface area contributed by atoms with Gasteiger partial charge in [0.1, 0.15) is 0 Å². The van der Waals surface area contributed by atoms with E-state index in [2.05, 4.69) is 25.7 Å². The molecule has 62 valence electrons. The summed E-state index contributed by atoms with van der Waals surface area (Å²) in [6.07, 6.45) is 1.86. The van der Waals surface area contributed by atoms with Gasteiger partial charge in [-0.1, -0.05) is 20.4 Å². The first-order chi connectivity index (χ1) is 5.14. The maximum Gasteiger partial charge on any atom is 0.284 e. The zero-order valence-electron chi connectivity index (χ0n) is 6.94. The van der Waals surface area contributed by atoms with Crippen LogP contribution in [0.5, 0.6) is 0 Å². The summed E-state index contributed by atoms with van der Waals surface area (Å²) in [6.45, 7) is 8.02. The molecule has 0 unspecified atom stereocenters. The first kappa shape index (κ1) is 8.65. The second kappa shape index (κ2) is 2.89. The van der Waals surface area contributed by atoms with Gasteiger partial charge in [0.25, 0.3) is 5.24 Å². The average molecular weight is 171 g/mol. The van der Waals surface area contributed by atoms with Crippen LogP contribution in [0.2, 0.25) is 0 Å². The lowest BCUT2D eigenvalue weighted by Gasteiger charge is -2.25. The summed E-state index contributed by atoms with van der Waals surface area (Å²) in [5.74, 6) is 0. The first-order valence-electron chi connectivity index (χ1n) is 3.84. The smallest absolute Gasteiger partial charge is 0.284 e. The monoisotopic (exact) mass is 171 g/mol. The Balaban J connectivity index is 2.84. The van der Waals surface area contributed by atoms with Crippen molar-refractivity contribution in [1.29, 1.82) is 0 Å². The molecule has 1 aliphatic rings. The van der Waals surface area contributed by atoms with E-state index in [0.29, 0.717) is 0 Å². The van der Waals surface area contributed by atoms with Crippen molar-refractivity contribution in [3.8, 4) is 0 Å². The fourth-order valence-electron chi connectivity index (χ4n) is 1.32. The van der Waals surface area contributed by atoms with Crippen molar-refractivity contribution in [3.05, 3.63) is 11.5 Å². The van der Waals surface area contributed by atoms with Crippen molar-refractivity contribution in [2.45, 2.75) is 32.2 Å². The predicted octanol–water partition coefficient (Wildman–Crippen LogP) is 2.52. The van der Waals surface area contributed by atoms with Gasteiger partial charge in [-0.3, -0.25) is 4.79 Å². The number of hydrogen-bond donors (Lipinski definition) is 1. The van der Waals surface area contributed by atoms with E-state index in [1.165, 1.54) is 11.8 Å². The largest absolute Gasteiger partial charge is 0.337 e. The minimum Gasteiger partial charge on any atom is -0.337 e. The zero-order valence-corrected chi connectivity index (χ0v) is 7.75. The van der Waals surface area contributed by atoms with Crippen LogP contribution in [-0.4, -0.2) is 10.8 Å². The van der Waals surface area contributed by atoms with Crippen molar-refractivity contribution in [1.82, 2.24) is 5.32 Å². The molecule has 1 rings (SSSR count). The summed E-state index contributed by atoms with van der Waals surface area (Å²) < 4.78 is 0. The van der Waals surface area contributed by atoms with Crippen molar-refractivity contribution in [3.63, 3.8) is 0 Å². The summed E-state index contributed by atoms with van der Waals surface area (Å²) in [6, 6.07) is 0. The maximum absolute atomic E-state index is 11.0. The molecule has 0 spiro atoms. The molecule has 1 amide bonds. The second-order valence-corrected chi connectivity index (χ2v) is 3.79. The SMILES string of the molecule is C=C1SC(=O)NC1(CC)CC. The van der Waals surface area contributed by atoms with E-state index in [1.54, 1.807) is 0 Å². The Hall–Kier alpha value is -0.440. The summed E-state index contributed by atoms with van der Waals surface area (Å²) in [4.78, 5) is 11.9. The van der Waals surface area contributed by atoms with E-state index in [-0.39, 0.29) is 10.8 Å². The highest BCUT2D eigenvalue weighted by Gasteiger charge is 2.38. The van der Waals surface area contributed by atoms with E-state index in [4.69, 9.17) is 0 Å². The highest BCUT2D eigenvalue weighted by atomic mass is 32.2. The van der Waals surface area contributed by atoms with Crippen LogP contribution in [-0.2, 0) is 0 Å². The maximum atomic E-state index is 11.0. The highest BCUT2D eigenvalue weighted by Crippen LogP contribution is 2.38. The quantitative estimate of drug-likeness (QED) is 0.691. The van der Waals surface area contributed by atoms with Gasteiger partial charge >= 0.3 is 0 Å². The average Bonchev–Trinajstić information content (AvgIpc) is 2.27. The van der Waals surface area contributed by atoms with Crippen LogP contribution in [0.3, 0.4) is 0 Å². The molecule has 1 fully saturated rings. The Morgan fingerprint density at radius 2 is 2.09 bits per heavy atom. The second-order valence-electron chi connectivity index (χ2n) is 2.73. The molecule has 0 aliphatic carbocycles. The number of rotatable bonds is 2. The molecule has 1 heterocycles. The van der Waals surface area contributed by atoms with Gasteiger partial charge in [0.2, 0.25) is 0 Å². The van der Waals surface area contributed by atoms with Crippen LogP contribution in [0.25, 0.3) is 0 Å². The van der Waals surface area contributed by atoms with Gasteiger partial charge in [0.05, 0.1) is 5.54 Å². The Labute approximate surface area is 71.4 Å². The molecule has 0 atom stereocenters. The van der Waals surface area contributed by atoms with Gasteiger partial charge < -0.3 is 5.32 Å². The number of carbonyl (C=O) groups excluding carboxylic acids is 1. The van der Waals surface area contributed by atoms with E-state index in [9.17, 15) is 4.79 Å². The minimum absolute atomic E-state index is 0.0405. The van der Waals surface area contributed by atoms with Crippen LogP contribution in [0.15, 0.2) is 11.5 Å². The van der Waals surface area contributed by atoms with Crippen LogP contribution in [0.1, 0.15) is 26.7 Å². The standard InChI is InChI=1S/C8H13NOS/c1-4-8(5-2)6(3)11-7(10)9-8/h3-5H2,1-2H3,(H,9,10). The Kier molecular flexibility index (Phi) is 2.28. The highest BCUT2D eigenvalue weighted by molar-refractivity contribution is 8.17. The number of hydrogen-bond acceptors (Lipinski definition) is 2. The number of amides is 1. The van der Waals surface area contributed by atoms with Crippen LogP contribution < -0.4 is 5.32 Å². The Bertz CT molecular complexity index is 196. The van der Waals surface area contributed by atoms with E-state index in [0.717, 1.165) is 17.7 Å². The molecule has 1 N–H and O–H groups in total. The lowest BCUT2D eigenvalue weighted by Crippen LogP contribution is -2.40. The summed E-state index contributed by atoms with van der Waals surface area (Å²) in [5.41, 5.74) is -0.123. The molecule has 3 heteroatoms. The number of carbonyl (C=O) groups is 1. The summed E-state index contributed by atoms with van der Waals surface area (Å²) >= 11 is 1.23. The van der Waals surface area contributed by atoms with Gasteiger partial charge in [0.15, 0.2) is 0 Å². The Morgan fingerprint density at radius 3 is 2.27 bits per heavy atom. The molecule has 1 aliphatic heterocycles. The van der Waals surface area contributed by atoms with Gasteiger partial charge in [-0.25, -0.2) is 0 Å². The molecule has 1 saturated heterocycles. The molecule has 0 saturated carbocycles. The minimum atomic E-state index is -0.123. The van der Waals surface area contributed by atoms with Gasteiger partial charge in [-0.05, 0) is 24.6 Å². The molecule has 0 aromatic rings. The van der Waals surface area contributed by atoms with Crippen molar-refractivity contribution >= 4 is 17.0 Å². The molecule has 11 heavy (non-hydrogen) atoms. The molecule has 0 radical (unpaired) electrons. The summed E-state index contributed by atoms with van der Waals surface area (Å²) in [7, 11) is 0. The van der Waals surface area contributed by atoms with Crippen molar-refractivity contribution in [2.75, 3.05) is 0 Å². The predicted molar refractivity (Wildman–Crippen MR) is 48.6 cm³/mol. The fraction of sp³-hybridized carbons (Fsp3) is 0.625. The topological polar surface area (TPSA) is 29.1 Å². The molecular weight excluding hydrogens is 158 g/mol. The zero-order chi connectivity index (χ0) is 8.48. The van der Waals surface area contributed by atoms with Crippen LogP contribution in [0.4, 0.5) is 4.79 Å². The molecule has 0 bridgehead atoms. The summed E-state index contributed by atoms with van der Waals surface area (Å²) in [5, 5.41) is 2.98. The van der Waals surface area contributed by atoms with E-state index < -0.39 is 0 Å². The third-order valence-electron chi connectivity index (χ3n) is 2.30. The van der Waals surface area contributed by atoms with Crippen LogP contribution >= 0.6 is 11.8 Å². The van der Waals surface area contributed by atoms with Crippen molar-refractivity contribution in [2.24, 2.45) is 0 Å². The Morgan fingerprint density at radius 1 is 1.55 bits per heavy atom. The number of thioether (sulfide) groups is 1. The van der Waals surface area contributed by atoms with Gasteiger partial charge in [-0.2, -0.15) is 0 Å². The third kappa shape index (κ3) is 1.29. The number of nitrogens with one attached hydrogen (secondary N) is 1. The van der Waals surface area contributed by atoms with Crippen molar-refractivity contribution < 1.29 is 4.79 Å². The molecular formula is C8H13NOS. The van der Waals surface area contributed by atoms with E-state index in [1.807, 2.05) is 0 Å². The van der Waals surface area contributed by atoms with Gasteiger partial charge in [-0.15, -0.1) is 0 Å². The first-order valence-corrected chi connectivity index (χ1v) is 4.65. The van der Waals surface area contributed by atoms with Crippen LogP contribution in [0, 0.1) is 0 Å². The molecule has 0 aromatic carbocycles. The van der Waals surface area contributed by atoms with Gasteiger partial charge in [0, 0.05) is 4.91 Å². The lowest BCUT2D eigenvalue weighted by atomic mass is 9.93. The third-order valence-corrected chi connectivity index (χ3v) is 3.22. The normalized spacial score (nSPS) is 22.0. The fourth-order valence-corrected chi connectivity index (χ4v) is 2.33. The molecule has 0 aromatic heterocycles. The van der Waals surface area contributed by atoms with E-state index >= 15 is 0 Å². The molecule has 2 nitrogen and oxygen atoms in total. The lowest BCUT2D eigenvalue weighted by molar-refractivity contribution is 0.253.